The fourth-order valence-electron chi connectivity index (χ4n) is 9.18. The van der Waals surface area contributed by atoms with Gasteiger partial charge in [0, 0.05) is 26.6 Å². The van der Waals surface area contributed by atoms with Crippen molar-refractivity contribution in [3.8, 4) is 22.3 Å². The van der Waals surface area contributed by atoms with Gasteiger partial charge in [0.1, 0.15) is 0 Å². The predicted molar refractivity (Wildman–Crippen MR) is 223 cm³/mol. The summed E-state index contributed by atoms with van der Waals surface area (Å²) in [6.07, 6.45) is 0. The van der Waals surface area contributed by atoms with Crippen LogP contribution in [0.5, 0.6) is 0 Å². The van der Waals surface area contributed by atoms with Crippen molar-refractivity contribution in [3.63, 3.8) is 0 Å². The molecular weight excluding hydrogens is 659 g/mol. The van der Waals surface area contributed by atoms with Crippen LogP contribution in [-0.4, -0.2) is 0 Å². The maximum absolute atomic E-state index is 2.50. The van der Waals surface area contributed by atoms with Gasteiger partial charge in [-0.1, -0.05) is 169 Å². The molecule has 248 valence electrons. The van der Waals surface area contributed by atoms with E-state index in [1.54, 1.807) is 0 Å². The van der Waals surface area contributed by atoms with Crippen LogP contribution in [0.3, 0.4) is 0 Å². The molecular formula is C51H33NS. The molecule has 0 saturated carbocycles. The van der Waals surface area contributed by atoms with Crippen molar-refractivity contribution in [2.24, 2.45) is 0 Å². The molecule has 0 aromatic heterocycles. The quantitative estimate of drug-likeness (QED) is 0.181. The summed E-state index contributed by atoms with van der Waals surface area (Å²) in [5.74, 6) is 0. The van der Waals surface area contributed by atoms with Crippen LogP contribution in [0.25, 0.3) is 43.8 Å². The van der Waals surface area contributed by atoms with E-state index in [9.17, 15) is 0 Å². The Morgan fingerprint density at radius 2 is 0.981 bits per heavy atom. The summed E-state index contributed by atoms with van der Waals surface area (Å²) in [5, 5.41) is 5.07. The highest BCUT2D eigenvalue weighted by atomic mass is 32.2. The van der Waals surface area contributed by atoms with Gasteiger partial charge in [-0.15, -0.1) is 0 Å². The molecule has 1 aliphatic heterocycles. The Morgan fingerprint density at radius 3 is 1.75 bits per heavy atom. The van der Waals surface area contributed by atoms with Gasteiger partial charge in [-0.25, -0.2) is 0 Å². The van der Waals surface area contributed by atoms with Gasteiger partial charge in [-0.05, 0) is 103 Å². The predicted octanol–water partition coefficient (Wildman–Crippen LogP) is 14.0. The fourth-order valence-corrected chi connectivity index (χ4v) is 10.4. The molecule has 1 nitrogen and oxygen atoms in total. The highest BCUT2D eigenvalue weighted by Crippen LogP contribution is 2.62. The lowest BCUT2D eigenvalue weighted by atomic mass is 9.59. The van der Waals surface area contributed by atoms with Crippen LogP contribution in [0, 0.1) is 0 Å². The minimum atomic E-state index is -0.515. The van der Waals surface area contributed by atoms with Gasteiger partial charge in [-0.3, -0.25) is 0 Å². The summed E-state index contributed by atoms with van der Waals surface area (Å²) >= 11 is 1.89. The van der Waals surface area contributed by atoms with Gasteiger partial charge in [0.25, 0.3) is 0 Å². The van der Waals surface area contributed by atoms with E-state index < -0.39 is 5.41 Å². The number of fused-ring (bicyclic) bond motifs is 9. The first-order valence-electron chi connectivity index (χ1n) is 18.3. The average molecular weight is 692 g/mol. The average Bonchev–Trinajstić information content (AvgIpc) is 3.23. The van der Waals surface area contributed by atoms with Crippen molar-refractivity contribution in [2.45, 2.75) is 15.2 Å². The zero-order valence-corrected chi connectivity index (χ0v) is 29.7. The van der Waals surface area contributed by atoms with Gasteiger partial charge >= 0.3 is 0 Å². The molecule has 0 saturated heterocycles. The smallest absolute Gasteiger partial charge is 0.0736 e. The van der Waals surface area contributed by atoms with E-state index in [-0.39, 0.29) is 0 Å². The Kier molecular flexibility index (Phi) is 6.77. The summed E-state index contributed by atoms with van der Waals surface area (Å²) in [5.41, 5.74) is 13.3. The number of anilines is 3. The van der Waals surface area contributed by atoms with Crippen LogP contribution in [0.1, 0.15) is 22.3 Å². The Bertz CT molecular complexity index is 2820. The molecule has 1 spiro atoms. The Labute approximate surface area is 313 Å². The fraction of sp³-hybridized carbons (Fsp3) is 0.0196. The molecule has 0 radical (unpaired) electrons. The van der Waals surface area contributed by atoms with E-state index in [0.717, 1.165) is 17.1 Å². The number of benzene rings is 9. The summed E-state index contributed by atoms with van der Waals surface area (Å²) < 4.78 is 0. The second-order valence-corrected chi connectivity index (χ2v) is 15.1. The number of para-hydroxylation sites is 1. The van der Waals surface area contributed by atoms with E-state index in [0.29, 0.717) is 0 Å². The molecule has 53 heavy (non-hydrogen) atoms. The van der Waals surface area contributed by atoms with Crippen LogP contribution in [-0.2, 0) is 5.41 Å². The largest absolute Gasteiger partial charge is 0.310 e. The third kappa shape index (κ3) is 4.40. The lowest BCUT2D eigenvalue weighted by Gasteiger charge is -2.46. The van der Waals surface area contributed by atoms with Crippen LogP contribution in [0.15, 0.2) is 210 Å². The molecule has 1 heterocycles. The normalized spacial score (nSPS) is 13.4. The Hall–Kier alpha value is -6.35. The van der Waals surface area contributed by atoms with E-state index in [4.69, 9.17) is 0 Å². The van der Waals surface area contributed by atoms with Crippen LogP contribution < -0.4 is 4.90 Å². The highest BCUT2D eigenvalue weighted by Gasteiger charge is 2.48. The zero-order chi connectivity index (χ0) is 34.9. The van der Waals surface area contributed by atoms with Gasteiger partial charge < -0.3 is 4.90 Å². The molecule has 11 rings (SSSR count). The molecule has 2 heteroatoms. The maximum Gasteiger partial charge on any atom is 0.0736 e. The van der Waals surface area contributed by atoms with Gasteiger partial charge in [0.05, 0.1) is 11.1 Å². The number of hydrogen-bond acceptors (Lipinski definition) is 2. The van der Waals surface area contributed by atoms with Crippen LogP contribution >= 0.6 is 11.8 Å². The van der Waals surface area contributed by atoms with Crippen molar-refractivity contribution < 1.29 is 0 Å². The first-order chi connectivity index (χ1) is 26.3. The molecule has 0 atom stereocenters. The molecule has 0 amide bonds. The number of rotatable bonds is 4. The lowest BCUT2D eigenvalue weighted by Crippen LogP contribution is -2.36. The van der Waals surface area contributed by atoms with Crippen molar-refractivity contribution in [1.29, 1.82) is 0 Å². The first-order valence-corrected chi connectivity index (χ1v) is 19.1. The number of hydrogen-bond donors (Lipinski definition) is 0. The summed E-state index contributed by atoms with van der Waals surface area (Å²) in [4.78, 5) is 5.07. The SMILES string of the molecule is c1ccc(-c2cccc3c(N(c4ccccc4)c4ccc5c(c4)C4(c6ccccc6Sc6ccccc64)c4cccc6cccc-5c46)cccc23)cc1. The summed E-state index contributed by atoms with van der Waals surface area (Å²) in [6, 6.07) is 74.1. The zero-order valence-electron chi connectivity index (χ0n) is 28.9. The Morgan fingerprint density at radius 1 is 0.377 bits per heavy atom. The van der Waals surface area contributed by atoms with Crippen molar-refractivity contribution in [3.05, 3.63) is 222 Å². The molecule has 0 fully saturated rings. The molecule has 0 N–H and O–H groups in total. The van der Waals surface area contributed by atoms with Crippen LogP contribution in [0.4, 0.5) is 17.1 Å². The van der Waals surface area contributed by atoms with E-state index >= 15 is 0 Å². The lowest BCUT2D eigenvalue weighted by molar-refractivity contribution is 0.707. The first kappa shape index (κ1) is 30.3. The molecule has 0 bridgehead atoms. The summed E-state index contributed by atoms with van der Waals surface area (Å²) in [7, 11) is 0. The van der Waals surface area contributed by atoms with Gasteiger partial charge in [0.15, 0.2) is 0 Å². The van der Waals surface area contributed by atoms with E-state index in [2.05, 4.69) is 205 Å². The minimum Gasteiger partial charge on any atom is -0.310 e. The van der Waals surface area contributed by atoms with Crippen LogP contribution in [0.2, 0.25) is 0 Å². The Balaban J connectivity index is 1.24. The van der Waals surface area contributed by atoms with Crippen molar-refractivity contribution in [2.75, 3.05) is 4.90 Å². The standard InChI is InChI=1S/C51H33NS/c1-3-15-34(16-4-1)38-21-13-23-41-39(38)22-14-28-47(41)52(36-19-5-2-6-20-36)37-31-32-40-42-24-11-17-35-18-12-27-45(50(35)42)51(46(40)33-37)43-25-7-9-29-48(43)53-49-30-10-8-26-44(49)51/h1-33H. The molecule has 9 aromatic rings. The third-order valence-electron chi connectivity index (χ3n) is 11.3. The second-order valence-electron chi connectivity index (χ2n) is 14.0. The molecule has 2 aliphatic rings. The molecule has 1 aliphatic carbocycles. The maximum atomic E-state index is 2.50. The van der Waals surface area contributed by atoms with Gasteiger partial charge in [-0.2, -0.15) is 0 Å². The highest BCUT2D eigenvalue weighted by molar-refractivity contribution is 7.99. The van der Waals surface area contributed by atoms with Gasteiger partial charge in [0.2, 0.25) is 0 Å². The second kappa shape index (κ2) is 11.8. The van der Waals surface area contributed by atoms with E-state index in [1.807, 2.05) is 11.8 Å². The minimum absolute atomic E-state index is 0.515. The topological polar surface area (TPSA) is 3.24 Å². The number of nitrogens with zero attached hydrogens (tertiary/aromatic N) is 1. The third-order valence-corrected chi connectivity index (χ3v) is 12.5. The van der Waals surface area contributed by atoms with Crippen molar-refractivity contribution in [1.82, 2.24) is 0 Å². The summed E-state index contributed by atoms with van der Waals surface area (Å²) in [6.45, 7) is 0. The van der Waals surface area contributed by atoms with Crippen molar-refractivity contribution >= 4 is 50.4 Å². The molecule has 9 aromatic carbocycles. The molecule has 0 unspecified atom stereocenters. The van der Waals surface area contributed by atoms with E-state index in [1.165, 1.54) is 75.8 Å². The monoisotopic (exact) mass is 691 g/mol.